The Hall–Kier alpha value is -2.76. The van der Waals surface area contributed by atoms with Crippen molar-refractivity contribution in [2.75, 3.05) is 0 Å². The van der Waals surface area contributed by atoms with Crippen LogP contribution in [-0.2, 0) is 15.9 Å². The summed E-state index contributed by atoms with van der Waals surface area (Å²) in [6.45, 7) is 1.40. The van der Waals surface area contributed by atoms with Crippen molar-refractivity contribution in [3.8, 4) is 22.4 Å². The van der Waals surface area contributed by atoms with Gasteiger partial charge in [0.25, 0.3) is 0 Å². The van der Waals surface area contributed by atoms with Gasteiger partial charge in [-0.05, 0) is 30.7 Å². The van der Waals surface area contributed by atoms with Crippen LogP contribution in [0.5, 0.6) is 0 Å². The fraction of sp³-hybridized carbons (Fsp3) is 0.150. The first kappa shape index (κ1) is 23.9. The van der Waals surface area contributed by atoms with E-state index in [1.54, 1.807) is 0 Å². The third-order valence-electron chi connectivity index (χ3n) is 4.44. The van der Waals surface area contributed by atoms with Gasteiger partial charge in [0, 0.05) is 22.3 Å². The summed E-state index contributed by atoms with van der Waals surface area (Å²) in [6.07, 6.45) is -3.83. The molecule has 0 aliphatic heterocycles. The summed E-state index contributed by atoms with van der Waals surface area (Å²) in [4.78, 5) is -0.484. The first-order valence-electron chi connectivity index (χ1n) is 8.87. The van der Waals surface area contributed by atoms with Gasteiger partial charge in [-0.3, -0.25) is 0 Å². The Kier molecular flexibility index (Phi) is 6.20. The van der Waals surface area contributed by atoms with Gasteiger partial charge in [0.1, 0.15) is 11.4 Å². The molecule has 2 N–H and O–H groups in total. The lowest BCUT2D eigenvalue weighted by Crippen LogP contribution is -2.35. The van der Waals surface area contributed by atoms with Gasteiger partial charge in [-0.15, -0.1) is 0 Å². The Morgan fingerprint density at radius 1 is 1.03 bits per heavy atom. The number of hydrogen-bond acceptors (Lipinski definition) is 3. The van der Waals surface area contributed by atoms with Crippen LogP contribution in [0.2, 0.25) is 5.02 Å². The van der Waals surface area contributed by atoms with Crippen LogP contribution >= 0.6 is 11.6 Å². The molecule has 1 heterocycles. The normalized spacial score (nSPS) is 13.1. The smallest absolute Gasteiger partial charge is 0.238 e. The molecule has 0 bridgehead atoms. The van der Waals surface area contributed by atoms with E-state index in [1.807, 2.05) is 0 Å². The SMILES string of the molecule is CC=Cn1nc(-c2ccccc2S(N)(=O)=O)c(-c2ccc(Cl)cc2)c1C(F)(F)C(F)(F)F. The number of nitrogens with zero attached hydrogens (tertiary/aromatic N) is 2. The molecule has 170 valence electrons. The predicted octanol–water partition coefficient (Wildman–Crippen LogP) is 5.66. The maximum atomic E-state index is 14.7. The molecule has 3 rings (SSSR count). The second kappa shape index (κ2) is 8.30. The highest BCUT2D eigenvalue weighted by Crippen LogP contribution is 2.50. The number of rotatable bonds is 5. The van der Waals surface area contributed by atoms with Crippen molar-refractivity contribution >= 4 is 27.8 Å². The Morgan fingerprint density at radius 3 is 2.16 bits per heavy atom. The Labute approximate surface area is 185 Å². The van der Waals surface area contributed by atoms with Crippen LogP contribution in [0, 0.1) is 0 Å². The second-order valence-electron chi connectivity index (χ2n) is 6.62. The van der Waals surface area contributed by atoms with E-state index in [2.05, 4.69) is 5.10 Å². The molecule has 0 aliphatic carbocycles. The molecule has 2 aromatic carbocycles. The highest BCUT2D eigenvalue weighted by molar-refractivity contribution is 7.89. The van der Waals surface area contributed by atoms with Gasteiger partial charge in [-0.25, -0.2) is 18.2 Å². The van der Waals surface area contributed by atoms with Gasteiger partial charge in [0.05, 0.1) is 4.90 Å². The summed E-state index contributed by atoms with van der Waals surface area (Å²) < 4.78 is 94.3. The molecule has 0 spiro atoms. The second-order valence-corrected chi connectivity index (χ2v) is 8.59. The van der Waals surface area contributed by atoms with Crippen LogP contribution in [0.25, 0.3) is 28.6 Å². The molecule has 5 nitrogen and oxygen atoms in total. The van der Waals surface area contributed by atoms with Gasteiger partial charge < -0.3 is 0 Å². The maximum Gasteiger partial charge on any atom is 0.459 e. The minimum atomic E-state index is -5.95. The van der Waals surface area contributed by atoms with Crippen LogP contribution in [0.15, 0.2) is 59.5 Å². The van der Waals surface area contributed by atoms with Crippen LogP contribution in [0.3, 0.4) is 0 Å². The van der Waals surface area contributed by atoms with Crippen molar-refractivity contribution in [3.05, 3.63) is 65.3 Å². The standard InChI is InChI=1S/C20H15ClF5N3O2S/c1-2-11-29-18(19(22,23)20(24,25)26)16(12-7-9-13(21)10-8-12)17(28-29)14-5-3-4-6-15(14)32(27,30)31/h2-11H,1H3,(H2,27,30,31). The van der Waals surface area contributed by atoms with Gasteiger partial charge >= 0.3 is 12.1 Å². The van der Waals surface area contributed by atoms with E-state index in [1.165, 1.54) is 55.5 Å². The molecule has 0 fully saturated rings. The lowest BCUT2D eigenvalue weighted by Gasteiger charge is -2.21. The van der Waals surface area contributed by atoms with E-state index in [4.69, 9.17) is 16.7 Å². The van der Waals surface area contributed by atoms with Crippen molar-refractivity contribution in [1.29, 1.82) is 0 Å². The number of nitrogens with two attached hydrogens (primary N) is 1. The third kappa shape index (κ3) is 4.27. The zero-order chi connectivity index (χ0) is 23.9. The fourth-order valence-corrected chi connectivity index (χ4v) is 3.97. The molecule has 12 heteroatoms. The number of halogens is 6. The summed E-state index contributed by atoms with van der Waals surface area (Å²) >= 11 is 5.84. The molecule has 0 saturated carbocycles. The lowest BCUT2D eigenvalue weighted by atomic mass is 9.96. The molecule has 0 radical (unpaired) electrons. The molecule has 1 aromatic heterocycles. The third-order valence-corrected chi connectivity index (χ3v) is 5.66. The summed E-state index contributed by atoms with van der Waals surface area (Å²) in [5.74, 6) is -5.33. The molecular weight excluding hydrogens is 477 g/mol. The average Bonchev–Trinajstić information content (AvgIpc) is 3.07. The van der Waals surface area contributed by atoms with Gasteiger partial charge in [0.2, 0.25) is 10.0 Å². The van der Waals surface area contributed by atoms with Gasteiger partial charge in [0.15, 0.2) is 0 Å². The Balaban J connectivity index is 2.53. The number of alkyl halides is 5. The zero-order valence-electron chi connectivity index (χ0n) is 16.2. The van der Waals surface area contributed by atoms with E-state index in [9.17, 15) is 30.4 Å². The predicted molar refractivity (Wildman–Crippen MR) is 110 cm³/mol. The zero-order valence-corrected chi connectivity index (χ0v) is 17.8. The van der Waals surface area contributed by atoms with E-state index in [0.717, 1.165) is 12.3 Å². The minimum absolute atomic E-state index is 0.0803. The number of aromatic nitrogens is 2. The molecule has 0 atom stereocenters. The van der Waals surface area contributed by atoms with Crippen LogP contribution < -0.4 is 5.14 Å². The summed E-state index contributed by atoms with van der Waals surface area (Å²) in [6, 6.07) is 10.1. The summed E-state index contributed by atoms with van der Waals surface area (Å²) in [5, 5.41) is 9.37. The van der Waals surface area contributed by atoms with Gasteiger partial charge in [-0.1, -0.05) is 48.0 Å². The van der Waals surface area contributed by atoms with E-state index in [-0.39, 0.29) is 16.1 Å². The number of allylic oxidation sites excluding steroid dienone is 1. The van der Waals surface area contributed by atoms with Crippen LogP contribution in [-0.4, -0.2) is 24.4 Å². The Bertz CT molecular complexity index is 1280. The summed E-state index contributed by atoms with van der Waals surface area (Å²) in [5.41, 5.74) is -2.83. The minimum Gasteiger partial charge on any atom is -0.238 e. The molecule has 0 unspecified atom stereocenters. The molecule has 32 heavy (non-hydrogen) atoms. The van der Waals surface area contributed by atoms with Gasteiger partial charge in [-0.2, -0.15) is 27.1 Å². The van der Waals surface area contributed by atoms with Crippen LogP contribution in [0.4, 0.5) is 22.0 Å². The Morgan fingerprint density at radius 2 is 1.62 bits per heavy atom. The average molecular weight is 492 g/mol. The van der Waals surface area contributed by atoms with Crippen molar-refractivity contribution < 1.29 is 30.4 Å². The number of sulfonamides is 1. The topological polar surface area (TPSA) is 78.0 Å². The van der Waals surface area contributed by atoms with Crippen molar-refractivity contribution in [2.24, 2.45) is 5.14 Å². The first-order valence-corrected chi connectivity index (χ1v) is 10.8. The highest BCUT2D eigenvalue weighted by Gasteiger charge is 2.62. The molecular formula is C20H15ClF5N3O2S. The molecule has 0 amide bonds. The monoisotopic (exact) mass is 491 g/mol. The van der Waals surface area contributed by atoms with E-state index >= 15 is 0 Å². The van der Waals surface area contributed by atoms with Crippen molar-refractivity contribution in [2.45, 2.75) is 23.9 Å². The number of primary sulfonamides is 1. The van der Waals surface area contributed by atoms with E-state index in [0.29, 0.717) is 4.68 Å². The lowest BCUT2D eigenvalue weighted by molar-refractivity contribution is -0.291. The maximum absolute atomic E-state index is 14.7. The first-order chi connectivity index (χ1) is 14.8. The van der Waals surface area contributed by atoms with Crippen molar-refractivity contribution in [3.63, 3.8) is 0 Å². The molecule has 0 aliphatic rings. The van der Waals surface area contributed by atoms with E-state index < -0.39 is 44.0 Å². The summed E-state index contributed by atoms with van der Waals surface area (Å²) in [7, 11) is -4.37. The fourth-order valence-electron chi connectivity index (χ4n) is 3.11. The molecule has 3 aromatic rings. The largest absolute Gasteiger partial charge is 0.459 e. The quantitative estimate of drug-likeness (QED) is 0.468. The highest BCUT2D eigenvalue weighted by atomic mass is 35.5. The van der Waals surface area contributed by atoms with Crippen LogP contribution in [0.1, 0.15) is 12.6 Å². The number of benzene rings is 2. The number of hydrogen-bond donors (Lipinski definition) is 1. The molecule has 0 saturated heterocycles. The van der Waals surface area contributed by atoms with Crippen molar-refractivity contribution in [1.82, 2.24) is 9.78 Å².